The molecule has 0 unspecified atom stereocenters. The van der Waals surface area contributed by atoms with Crippen LogP contribution in [0.25, 0.3) is 0 Å². The predicted octanol–water partition coefficient (Wildman–Crippen LogP) is 2.94. The number of nitrogens with zero attached hydrogens (tertiary/aromatic N) is 2. The van der Waals surface area contributed by atoms with Gasteiger partial charge in [0.15, 0.2) is 0 Å². The minimum atomic E-state index is 0.560. The molecular formula is C15H22ClN3. The molecule has 1 rings (SSSR count). The highest BCUT2D eigenvalue weighted by Gasteiger charge is 2.08. The highest BCUT2D eigenvalue weighted by molar-refractivity contribution is 6.31. The Hall–Kier alpha value is -1.24. The van der Waals surface area contributed by atoms with Crippen LogP contribution in [0.15, 0.2) is 12.3 Å². The van der Waals surface area contributed by atoms with Gasteiger partial charge in [-0.15, -0.1) is 6.42 Å². The monoisotopic (exact) mass is 279 g/mol. The first-order valence-electron chi connectivity index (χ1n) is 6.62. The van der Waals surface area contributed by atoms with E-state index in [9.17, 15) is 0 Å². The smallest absolute Gasteiger partial charge is 0.129 e. The molecule has 0 saturated carbocycles. The summed E-state index contributed by atoms with van der Waals surface area (Å²) in [5.74, 6) is 4.15. The summed E-state index contributed by atoms with van der Waals surface area (Å²) in [5.41, 5.74) is 1.06. The van der Waals surface area contributed by atoms with E-state index in [1.54, 1.807) is 6.20 Å². The lowest BCUT2D eigenvalue weighted by Gasteiger charge is -2.20. The summed E-state index contributed by atoms with van der Waals surface area (Å²) in [4.78, 5) is 6.39. The van der Waals surface area contributed by atoms with E-state index in [1.807, 2.05) is 11.0 Å². The fourth-order valence-corrected chi connectivity index (χ4v) is 1.91. The second-order valence-electron chi connectivity index (χ2n) is 4.88. The fraction of sp³-hybridized carbons (Fsp3) is 0.533. The molecule has 0 amide bonds. The van der Waals surface area contributed by atoms with Crippen molar-refractivity contribution in [2.45, 2.75) is 27.3 Å². The molecule has 0 aliphatic heterocycles. The molecule has 0 aromatic carbocycles. The average Bonchev–Trinajstić information content (AvgIpc) is 2.38. The van der Waals surface area contributed by atoms with Gasteiger partial charge in [-0.25, -0.2) is 4.98 Å². The van der Waals surface area contributed by atoms with Crippen LogP contribution in [0, 0.1) is 18.3 Å². The van der Waals surface area contributed by atoms with Crippen molar-refractivity contribution in [2.24, 2.45) is 5.92 Å². The van der Waals surface area contributed by atoms with Gasteiger partial charge in [-0.3, -0.25) is 0 Å². The lowest BCUT2D eigenvalue weighted by Crippen LogP contribution is -2.24. The SMILES string of the molecule is C#CCN(CC)c1cc(CNCC(C)C)c(Cl)cn1. The zero-order valence-corrected chi connectivity index (χ0v) is 12.7. The summed E-state index contributed by atoms with van der Waals surface area (Å²) >= 11 is 6.18. The number of pyridine rings is 1. The van der Waals surface area contributed by atoms with Crippen LogP contribution in [0.4, 0.5) is 5.82 Å². The van der Waals surface area contributed by atoms with Gasteiger partial charge in [0.1, 0.15) is 5.82 Å². The van der Waals surface area contributed by atoms with E-state index in [-0.39, 0.29) is 0 Å². The first kappa shape index (κ1) is 15.8. The van der Waals surface area contributed by atoms with E-state index in [4.69, 9.17) is 18.0 Å². The zero-order valence-electron chi connectivity index (χ0n) is 11.9. The molecule has 19 heavy (non-hydrogen) atoms. The van der Waals surface area contributed by atoms with Crippen molar-refractivity contribution >= 4 is 17.4 Å². The highest BCUT2D eigenvalue weighted by atomic mass is 35.5. The van der Waals surface area contributed by atoms with E-state index in [1.165, 1.54) is 0 Å². The van der Waals surface area contributed by atoms with Gasteiger partial charge in [-0.05, 0) is 31.0 Å². The summed E-state index contributed by atoms with van der Waals surface area (Å²) in [6.07, 6.45) is 7.06. The molecule has 1 heterocycles. The zero-order chi connectivity index (χ0) is 14.3. The summed E-state index contributed by atoms with van der Waals surface area (Å²) in [6, 6.07) is 2.01. The number of aromatic nitrogens is 1. The molecule has 3 nitrogen and oxygen atoms in total. The van der Waals surface area contributed by atoms with Gasteiger partial charge in [-0.1, -0.05) is 31.4 Å². The van der Waals surface area contributed by atoms with Crippen molar-refractivity contribution in [1.29, 1.82) is 0 Å². The van der Waals surface area contributed by atoms with Crippen LogP contribution in [-0.4, -0.2) is 24.6 Å². The molecule has 0 bridgehead atoms. The van der Waals surface area contributed by atoms with Gasteiger partial charge in [0, 0.05) is 19.3 Å². The molecule has 1 aromatic heterocycles. The number of halogens is 1. The highest BCUT2D eigenvalue weighted by Crippen LogP contribution is 2.20. The molecule has 0 aliphatic rings. The number of hydrogen-bond acceptors (Lipinski definition) is 3. The quantitative estimate of drug-likeness (QED) is 0.778. The Kier molecular flexibility index (Phi) is 6.69. The maximum Gasteiger partial charge on any atom is 0.129 e. The molecule has 1 aromatic rings. The maximum atomic E-state index is 6.18. The molecule has 0 atom stereocenters. The Labute approximate surface area is 121 Å². The van der Waals surface area contributed by atoms with Crippen molar-refractivity contribution < 1.29 is 0 Å². The van der Waals surface area contributed by atoms with E-state index in [0.717, 1.165) is 31.0 Å². The van der Waals surface area contributed by atoms with Crippen LogP contribution in [0.2, 0.25) is 5.02 Å². The molecule has 4 heteroatoms. The van der Waals surface area contributed by atoms with Gasteiger partial charge >= 0.3 is 0 Å². The molecule has 0 spiro atoms. The van der Waals surface area contributed by atoms with Gasteiger partial charge in [-0.2, -0.15) is 0 Å². The van der Waals surface area contributed by atoms with Gasteiger partial charge < -0.3 is 10.2 Å². The van der Waals surface area contributed by atoms with Crippen LogP contribution in [0.5, 0.6) is 0 Å². The van der Waals surface area contributed by atoms with Crippen LogP contribution < -0.4 is 10.2 Å². The second-order valence-corrected chi connectivity index (χ2v) is 5.28. The van der Waals surface area contributed by atoms with E-state index in [2.05, 4.69) is 37.0 Å². The molecule has 0 radical (unpaired) electrons. The Morgan fingerprint density at radius 2 is 2.26 bits per heavy atom. The van der Waals surface area contributed by atoms with Crippen molar-refractivity contribution in [2.75, 3.05) is 24.5 Å². The molecular weight excluding hydrogens is 258 g/mol. The first-order chi connectivity index (χ1) is 9.08. The first-order valence-corrected chi connectivity index (χ1v) is 6.99. The minimum absolute atomic E-state index is 0.560. The lowest BCUT2D eigenvalue weighted by atomic mass is 10.2. The molecule has 104 valence electrons. The topological polar surface area (TPSA) is 28.2 Å². The van der Waals surface area contributed by atoms with Crippen LogP contribution >= 0.6 is 11.6 Å². The van der Waals surface area contributed by atoms with Crippen molar-refractivity contribution in [1.82, 2.24) is 10.3 Å². The molecule has 0 saturated heterocycles. The number of nitrogens with one attached hydrogen (secondary N) is 1. The second kappa shape index (κ2) is 8.04. The van der Waals surface area contributed by atoms with Crippen LogP contribution in [0.3, 0.4) is 0 Å². The standard InChI is InChI=1S/C15H22ClN3/c1-5-7-19(6-2)15-8-13(14(16)11-18-15)10-17-9-12(3)4/h1,8,11-12,17H,6-7,9-10H2,2-4H3. The van der Waals surface area contributed by atoms with Gasteiger partial charge in [0.25, 0.3) is 0 Å². The Morgan fingerprint density at radius 3 is 2.84 bits per heavy atom. The van der Waals surface area contributed by atoms with E-state index < -0.39 is 0 Å². The Balaban J connectivity index is 2.78. The third-order valence-corrected chi connectivity index (χ3v) is 3.12. The minimum Gasteiger partial charge on any atom is -0.346 e. The molecule has 1 N–H and O–H groups in total. The number of anilines is 1. The van der Waals surface area contributed by atoms with Gasteiger partial charge in [0.2, 0.25) is 0 Å². The summed E-state index contributed by atoms with van der Waals surface area (Å²) < 4.78 is 0. The summed E-state index contributed by atoms with van der Waals surface area (Å²) in [6.45, 7) is 9.53. The lowest BCUT2D eigenvalue weighted by molar-refractivity contribution is 0.552. The average molecular weight is 280 g/mol. The number of hydrogen-bond donors (Lipinski definition) is 1. The largest absolute Gasteiger partial charge is 0.346 e. The Morgan fingerprint density at radius 1 is 1.53 bits per heavy atom. The maximum absolute atomic E-state index is 6.18. The van der Waals surface area contributed by atoms with E-state index >= 15 is 0 Å². The number of terminal acetylenes is 1. The molecule has 0 aliphatic carbocycles. The Bertz CT molecular complexity index is 438. The van der Waals surface area contributed by atoms with Gasteiger partial charge in [0.05, 0.1) is 11.6 Å². The normalized spacial score (nSPS) is 10.5. The summed E-state index contributed by atoms with van der Waals surface area (Å²) in [7, 11) is 0. The van der Waals surface area contributed by atoms with Crippen molar-refractivity contribution in [3.63, 3.8) is 0 Å². The third-order valence-electron chi connectivity index (χ3n) is 2.78. The molecule has 0 fully saturated rings. The predicted molar refractivity (Wildman–Crippen MR) is 82.5 cm³/mol. The van der Waals surface area contributed by atoms with E-state index in [0.29, 0.717) is 17.5 Å². The van der Waals surface area contributed by atoms with Crippen LogP contribution in [0.1, 0.15) is 26.3 Å². The summed E-state index contributed by atoms with van der Waals surface area (Å²) in [5, 5.41) is 4.08. The fourth-order valence-electron chi connectivity index (χ4n) is 1.74. The van der Waals surface area contributed by atoms with Crippen molar-refractivity contribution in [3.05, 3.63) is 22.8 Å². The third kappa shape index (κ3) is 5.10. The number of rotatable bonds is 7. The van der Waals surface area contributed by atoms with Crippen molar-refractivity contribution in [3.8, 4) is 12.3 Å². The van der Waals surface area contributed by atoms with Crippen LogP contribution in [-0.2, 0) is 6.54 Å².